The Hall–Kier alpha value is -1.60. The zero-order chi connectivity index (χ0) is 11.2. The lowest BCUT2D eigenvalue weighted by Crippen LogP contribution is -2.33. The number of fused-ring (bicyclic) bond motifs is 2. The van der Waals surface area contributed by atoms with Gasteiger partial charge >= 0.3 is 0 Å². The molecule has 0 radical (unpaired) electrons. The first-order valence-corrected chi connectivity index (χ1v) is 6.37. The second kappa shape index (κ2) is 3.44. The molecule has 0 saturated carbocycles. The van der Waals surface area contributed by atoms with E-state index in [1.54, 1.807) is 11.1 Å². The van der Waals surface area contributed by atoms with E-state index in [0.717, 1.165) is 13.0 Å². The monoisotopic (exact) mass is 221 g/mol. The van der Waals surface area contributed by atoms with Crippen LogP contribution in [0.15, 0.2) is 42.5 Å². The lowest BCUT2D eigenvalue weighted by atomic mass is 9.78. The normalized spacial score (nSPS) is 20.6. The molecule has 2 aliphatic rings. The smallest absolute Gasteiger partial charge is 0.0370 e. The number of nitrogens with one attached hydrogen (secondary N) is 1. The van der Waals surface area contributed by atoms with Gasteiger partial charge in [0.05, 0.1) is 0 Å². The van der Waals surface area contributed by atoms with E-state index in [-0.39, 0.29) is 0 Å². The second-order valence-corrected chi connectivity index (χ2v) is 5.00. The van der Waals surface area contributed by atoms with Gasteiger partial charge in [0.25, 0.3) is 0 Å². The van der Waals surface area contributed by atoms with Crippen molar-refractivity contribution in [3.8, 4) is 11.1 Å². The fourth-order valence-corrected chi connectivity index (χ4v) is 3.32. The Morgan fingerprint density at radius 3 is 2.71 bits per heavy atom. The maximum atomic E-state index is 3.66. The summed E-state index contributed by atoms with van der Waals surface area (Å²) in [6, 6.07) is 16.1. The number of hydrogen-bond acceptors (Lipinski definition) is 1. The Labute approximate surface area is 101 Å². The van der Waals surface area contributed by atoms with E-state index in [1.807, 2.05) is 0 Å². The Kier molecular flexibility index (Phi) is 1.91. The van der Waals surface area contributed by atoms with E-state index in [4.69, 9.17) is 0 Å². The van der Waals surface area contributed by atoms with Crippen molar-refractivity contribution < 1.29 is 0 Å². The van der Waals surface area contributed by atoms with Gasteiger partial charge in [-0.25, -0.2) is 0 Å². The van der Waals surface area contributed by atoms with Gasteiger partial charge in [-0.2, -0.15) is 0 Å². The molecular formula is C16H15N. The molecule has 1 nitrogen and oxygen atoms in total. The van der Waals surface area contributed by atoms with Gasteiger partial charge in [0.1, 0.15) is 0 Å². The summed E-state index contributed by atoms with van der Waals surface area (Å²) < 4.78 is 0. The fraction of sp³-hybridized carbons (Fsp3) is 0.250. The summed E-state index contributed by atoms with van der Waals surface area (Å²) in [7, 11) is 0. The third kappa shape index (κ3) is 1.29. The molecule has 2 aromatic rings. The molecule has 1 heteroatoms. The van der Waals surface area contributed by atoms with Crippen LogP contribution in [0.25, 0.3) is 11.1 Å². The molecular weight excluding hydrogens is 206 g/mol. The van der Waals surface area contributed by atoms with Crippen LogP contribution in [0, 0.1) is 0 Å². The second-order valence-electron chi connectivity index (χ2n) is 5.00. The summed E-state index contributed by atoms with van der Waals surface area (Å²) in [5.41, 5.74) is 7.46. The van der Waals surface area contributed by atoms with Crippen LogP contribution in [-0.4, -0.2) is 6.54 Å². The molecule has 0 fully saturated rings. The van der Waals surface area contributed by atoms with Crippen molar-refractivity contribution in [3.05, 3.63) is 59.2 Å². The minimum Gasteiger partial charge on any atom is -0.309 e. The summed E-state index contributed by atoms with van der Waals surface area (Å²) in [6.45, 7) is 1.11. The molecule has 1 heterocycles. The Morgan fingerprint density at radius 1 is 0.882 bits per heavy atom. The Balaban J connectivity index is 2.04. The van der Waals surface area contributed by atoms with E-state index >= 15 is 0 Å². The van der Waals surface area contributed by atoms with Crippen LogP contribution < -0.4 is 5.32 Å². The van der Waals surface area contributed by atoms with E-state index in [2.05, 4.69) is 47.8 Å². The zero-order valence-corrected chi connectivity index (χ0v) is 9.74. The van der Waals surface area contributed by atoms with Crippen LogP contribution in [0.5, 0.6) is 0 Å². The molecule has 1 N–H and O–H groups in total. The van der Waals surface area contributed by atoms with Gasteiger partial charge in [-0.3, -0.25) is 0 Å². The molecule has 2 aromatic carbocycles. The summed E-state index contributed by atoms with van der Waals surface area (Å²) in [4.78, 5) is 0. The fourth-order valence-electron chi connectivity index (χ4n) is 3.32. The summed E-state index contributed by atoms with van der Waals surface area (Å²) in [6.07, 6.45) is 2.31. The molecule has 17 heavy (non-hydrogen) atoms. The van der Waals surface area contributed by atoms with E-state index in [0.29, 0.717) is 6.04 Å². The first-order valence-electron chi connectivity index (χ1n) is 6.37. The largest absolute Gasteiger partial charge is 0.309 e. The molecule has 1 atom stereocenters. The van der Waals surface area contributed by atoms with Crippen LogP contribution in [0.4, 0.5) is 0 Å². The predicted octanol–water partition coefficient (Wildman–Crippen LogP) is 3.10. The predicted molar refractivity (Wildman–Crippen MR) is 70.0 cm³/mol. The van der Waals surface area contributed by atoms with Gasteiger partial charge in [-0.15, -0.1) is 0 Å². The van der Waals surface area contributed by atoms with Gasteiger partial charge in [-0.1, -0.05) is 42.5 Å². The molecule has 4 rings (SSSR count). The van der Waals surface area contributed by atoms with Crippen molar-refractivity contribution in [2.75, 3.05) is 6.54 Å². The Morgan fingerprint density at radius 2 is 1.71 bits per heavy atom. The van der Waals surface area contributed by atoms with Crippen LogP contribution in [-0.2, 0) is 12.8 Å². The summed E-state index contributed by atoms with van der Waals surface area (Å²) >= 11 is 0. The van der Waals surface area contributed by atoms with Gasteiger partial charge in [0.15, 0.2) is 0 Å². The summed E-state index contributed by atoms with van der Waals surface area (Å²) in [5, 5.41) is 3.66. The van der Waals surface area contributed by atoms with Crippen LogP contribution >= 0.6 is 0 Å². The molecule has 0 saturated heterocycles. The topological polar surface area (TPSA) is 12.0 Å². The summed E-state index contributed by atoms with van der Waals surface area (Å²) in [5.74, 6) is 0. The van der Waals surface area contributed by atoms with Crippen LogP contribution in [0.2, 0.25) is 0 Å². The SMILES string of the molecule is c1ccc2c(c1)CC1NCCc3cccc-2c31. The van der Waals surface area contributed by atoms with E-state index in [1.165, 1.54) is 23.1 Å². The zero-order valence-electron chi connectivity index (χ0n) is 9.74. The quantitative estimate of drug-likeness (QED) is 0.721. The molecule has 0 amide bonds. The molecule has 1 aliphatic carbocycles. The average Bonchev–Trinajstić information content (AvgIpc) is 2.39. The van der Waals surface area contributed by atoms with Gasteiger partial charge in [0, 0.05) is 6.04 Å². The number of rotatable bonds is 0. The van der Waals surface area contributed by atoms with Crippen molar-refractivity contribution >= 4 is 0 Å². The van der Waals surface area contributed by atoms with Crippen LogP contribution in [0.3, 0.4) is 0 Å². The maximum absolute atomic E-state index is 3.66. The third-order valence-electron chi connectivity index (χ3n) is 4.06. The Bertz CT molecular complexity index is 586. The first kappa shape index (κ1) is 9.43. The van der Waals surface area contributed by atoms with Crippen molar-refractivity contribution in [1.29, 1.82) is 0 Å². The van der Waals surface area contributed by atoms with E-state index in [9.17, 15) is 0 Å². The van der Waals surface area contributed by atoms with Crippen molar-refractivity contribution in [3.63, 3.8) is 0 Å². The van der Waals surface area contributed by atoms with Crippen molar-refractivity contribution in [1.82, 2.24) is 5.32 Å². The molecule has 0 bridgehead atoms. The number of hydrogen-bond donors (Lipinski definition) is 1. The number of benzene rings is 2. The minimum absolute atomic E-state index is 0.532. The van der Waals surface area contributed by atoms with E-state index < -0.39 is 0 Å². The highest BCUT2D eigenvalue weighted by molar-refractivity contribution is 5.75. The molecule has 84 valence electrons. The van der Waals surface area contributed by atoms with Gasteiger partial charge in [-0.05, 0) is 47.2 Å². The molecule has 0 aromatic heterocycles. The lowest BCUT2D eigenvalue weighted by Gasteiger charge is -2.34. The van der Waals surface area contributed by atoms with Gasteiger partial charge in [0.2, 0.25) is 0 Å². The highest BCUT2D eigenvalue weighted by Gasteiger charge is 2.28. The van der Waals surface area contributed by atoms with Crippen molar-refractivity contribution in [2.45, 2.75) is 18.9 Å². The van der Waals surface area contributed by atoms with Crippen LogP contribution in [0.1, 0.15) is 22.7 Å². The maximum Gasteiger partial charge on any atom is 0.0370 e. The average molecular weight is 221 g/mol. The molecule has 1 unspecified atom stereocenters. The van der Waals surface area contributed by atoms with Gasteiger partial charge < -0.3 is 5.32 Å². The first-order chi connectivity index (χ1) is 8.43. The highest BCUT2D eigenvalue weighted by atomic mass is 14.9. The lowest BCUT2D eigenvalue weighted by molar-refractivity contribution is 0.499. The molecule has 0 spiro atoms. The minimum atomic E-state index is 0.532. The third-order valence-corrected chi connectivity index (χ3v) is 4.06. The molecule has 1 aliphatic heterocycles. The highest BCUT2D eigenvalue weighted by Crippen LogP contribution is 2.41. The standard InChI is InChI=1S/C16H15N/c1-2-6-13-12(4-1)10-15-16-11(8-9-17-15)5-3-7-14(13)16/h1-7,15,17H,8-10H2. The van der Waals surface area contributed by atoms with Crippen molar-refractivity contribution in [2.24, 2.45) is 0 Å².